The summed E-state index contributed by atoms with van der Waals surface area (Å²) in [5.41, 5.74) is 0. The standard InChI is InChI=1S/C22H45NO5/c1-3-5-6-7-8-9-10-11-12-13-14-15-16-20(25)21(26)19(17-24)23-18(4-2)22(27)28/h18-21,23-26H,3-17H2,1-2H3,(H,27,28). The smallest absolute Gasteiger partial charge is 0.320 e. The predicted molar refractivity (Wildman–Crippen MR) is 113 cm³/mol. The number of carboxylic acid groups (broad SMARTS) is 1. The van der Waals surface area contributed by atoms with Crippen LogP contribution in [0.25, 0.3) is 0 Å². The zero-order valence-electron chi connectivity index (χ0n) is 18.1. The topological polar surface area (TPSA) is 110 Å². The molecule has 0 aliphatic rings. The molecule has 0 aromatic carbocycles. The number of aliphatic carboxylic acids is 1. The van der Waals surface area contributed by atoms with E-state index in [0.29, 0.717) is 12.8 Å². The maximum absolute atomic E-state index is 11.1. The molecule has 168 valence electrons. The summed E-state index contributed by atoms with van der Waals surface area (Å²) in [7, 11) is 0. The van der Waals surface area contributed by atoms with Crippen LogP contribution >= 0.6 is 0 Å². The van der Waals surface area contributed by atoms with E-state index in [9.17, 15) is 20.1 Å². The average Bonchev–Trinajstić information content (AvgIpc) is 2.68. The monoisotopic (exact) mass is 403 g/mol. The zero-order valence-corrected chi connectivity index (χ0v) is 18.1. The Morgan fingerprint density at radius 3 is 1.68 bits per heavy atom. The minimum Gasteiger partial charge on any atom is -0.480 e. The second-order valence-electron chi connectivity index (χ2n) is 7.99. The Balaban J connectivity index is 3.78. The highest BCUT2D eigenvalue weighted by Crippen LogP contribution is 2.14. The molecule has 5 N–H and O–H groups in total. The first kappa shape index (κ1) is 27.3. The highest BCUT2D eigenvalue weighted by Gasteiger charge is 2.29. The molecular formula is C22H45NO5. The lowest BCUT2D eigenvalue weighted by atomic mass is 9.98. The van der Waals surface area contributed by atoms with E-state index in [1.165, 1.54) is 57.8 Å². The molecule has 28 heavy (non-hydrogen) atoms. The van der Waals surface area contributed by atoms with Crippen LogP contribution in [0, 0.1) is 0 Å². The van der Waals surface area contributed by atoms with E-state index >= 15 is 0 Å². The van der Waals surface area contributed by atoms with E-state index in [1.54, 1.807) is 6.92 Å². The van der Waals surface area contributed by atoms with Crippen molar-refractivity contribution in [3.63, 3.8) is 0 Å². The number of aliphatic hydroxyl groups is 3. The number of unbranched alkanes of at least 4 members (excludes halogenated alkanes) is 11. The van der Waals surface area contributed by atoms with Gasteiger partial charge in [0.15, 0.2) is 0 Å². The third-order valence-electron chi connectivity index (χ3n) is 5.48. The molecule has 6 nitrogen and oxygen atoms in total. The van der Waals surface area contributed by atoms with E-state index in [4.69, 9.17) is 5.11 Å². The van der Waals surface area contributed by atoms with E-state index in [0.717, 1.165) is 19.3 Å². The Labute approximate surface area is 171 Å². The maximum Gasteiger partial charge on any atom is 0.320 e. The van der Waals surface area contributed by atoms with Crippen molar-refractivity contribution < 1.29 is 25.2 Å². The lowest BCUT2D eigenvalue weighted by Gasteiger charge is -2.28. The first-order valence-electron chi connectivity index (χ1n) is 11.4. The third kappa shape index (κ3) is 13.5. The van der Waals surface area contributed by atoms with Gasteiger partial charge >= 0.3 is 5.97 Å². The van der Waals surface area contributed by atoms with Gasteiger partial charge in [0.1, 0.15) is 6.04 Å². The maximum atomic E-state index is 11.1. The molecule has 4 unspecified atom stereocenters. The van der Waals surface area contributed by atoms with Crippen molar-refractivity contribution in [2.24, 2.45) is 0 Å². The van der Waals surface area contributed by atoms with Crippen molar-refractivity contribution in [2.75, 3.05) is 6.61 Å². The van der Waals surface area contributed by atoms with Crippen molar-refractivity contribution in [3.8, 4) is 0 Å². The zero-order chi connectivity index (χ0) is 21.2. The Hall–Kier alpha value is -0.690. The molecular weight excluding hydrogens is 358 g/mol. The number of nitrogens with one attached hydrogen (secondary N) is 1. The van der Waals surface area contributed by atoms with Gasteiger partial charge < -0.3 is 20.4 Å². The largest absolute Gasteiger partial charge is 0.480 e. The van der Waals surface area contributed by atoms with Crippen molar-refractivity contribution in [1.82, 2.24) is 5.32 Å². The first-order valence-corrected chi connectivity index (χ1v) is 11.4. The summed E-state index contributed by atoms with van der Waals surface area (Å²) >= 11 is 0. The van der Waals surface area contributed by atoms with Crippen LogP contribution in [0.3, 0.4) is 0 Å². The molecule has 6 heteroatoms. The fraction of sp³-hybridized carbons (Fsp3) is 0.955. The van der Waals surface area contributed by atoms with Gasteiger partial charge in [-0.05, 0) is 12.8 Å². The SMILES string of the molecule is CCCCCCCCCCCCCCC(O)C(O)C(CO)NC(CC)C(=O)O. The van der Waals surface area contributed by atoms with E-state index in [1.807, 2.05) is 0 Å². The fourth-order valence-corrected chi connectivity index (χ4v) is 3.51. The first-order chi connectivity index (χ1) is 13.5. The van der Waals surface area contributed by atoms with Gasteiger partial charge in [0.2, 0.25) is 0 Å². The van der Waals surface area contributed by atoms with E-state index < -0.39 is 36.9 Å². The highest BCUT2D eigenvalue weighted by atomic mass is 16.4. The van der Waals surface area contributed by atoms with Crippen molar-refractivity contribution in [1.29, 1.82) is 0 Å². The van der Waals surface area contributed by atoms with Gasteiger partial charge in [-0.1, -0.05) is 90.9 Å². The predicted octanol–water partition coefficient (Wildman–Crippen LogP) is 3.61. The Morgan fingerprint density at radius 1 is 0.821 bits per heavy atom. The summed E-state index contributed by atoms with van der Waals surface area (Å²) in [5, 5.41) is 41.6. The Kier molecular flexibility index (Phi) is 17.9. The van der Waals surface area contributed by atoms with Crippen LogP contribution in [0.4, 0.5) is 0 Å². The minimum atomic E-state index is -1.17. The average molecular weight is 404 g/mol. The van der Waals surface area contributed by atoms with Crippen molar-refractivity contribution in [2.45, 2.75) is 128 Å². The molecule has 0 spiro atoms. The van der Waals surface area contributed by atoms with Crippen molar-refractivity contribution >= 4 is 5.97 Å². The second-order valence-corrected chi connectivity index (χ2v) is 7.99. The summed E-state index contributed by atoms with van der Waals surface area (Å²) in [4.78, 5) is 11.1. The molecule has 0 aliphatic heterocycles. The van der Waals surface area contributed by atoms with Gasteiger partial charge in [0.25, 0.3) is 0 Å². The quantitative estimate of drug-likeness (QED) is 0.199. The summed E-state index contributed by atoms with van der Waals surface area (Å²) in [6.07, 6.45) is 13.5. The lowest BCUT2D eigenvalue weighted by Crippen LogP contribution is -2.53. The van der Waals surface area contributed by atoms with Gasteiger partial charge in [-0.3, -0.25) is 10.1 Å². The summed E-state index contributed by atoms with van der Waals surface area (Å²) in [6, 6.07) is -1.68. The van der Waals surface area contributed by atoms with Gasteiger partial charge in [0, 0.05) is 0 Å². The van der Waals surface area contributed by atoms with E-state index in [-0.39, 0.29) is 0 Å². The van der Waals surface area contributed by atoms with Crippen LogP contribution in [0.15, 0.2) is 0 Å². The molecule has 0 saturated heterocycles. The lowest BCUT2D eigenvalue weighted by molar-refractivity contribution is -0.140. The summed E-state index contributed by atoms with van der Waals surface area (Å²) in [6.45, 7) is 3.54. The van der Waals surface area contributed by atoms with Crippen LogP contribution < -0.4 is 5.32 Å². The van der Waals surface area contributed by atoms with Crippen LogP contribution in [0.5, 0.6) is 0 Å². The molecule has 0 aliphatic carbocycles. The van der Waals surface area contributed by atoms with Crippen LogP contribution in [-0.4, -0.2) is 57.3 Å². The van der Waals surface area contributed by atoms with Gasteiger partial charge in [0.05, 0.1) is 24.9 Å². The molecule has 0 rings (SSSR count). The van der Waals surface area contributed by atoms with E-state index in [2.05, 4.69) is 12.2 Å². The molecule has 0 fully saturated rings. The van der Waals surface area contributed by atoms with Gasteiger partial charge in [-0.25, -0.2) is 0 Å². The third-order valence-corrected chi connectivity index (χ3v) is 5.48. The van der Waals surface area contributed by atoms with Crippen LogP contribution in [0.2, 0.25) is 0 Å². The number of carbonyl (C=O) groups is 1. The summed E-state index contributed by atoms with van der Waals surface area (Å²) in [5.74, 6) is -1.02. The van der Waals surface area contributed by atoms with Gasteiger partial charge in [-0.2, -0.15) is 0 Å². The normalized spacial score (nSPS) is 15.9. The molecule has 0 bridgehead atoms. The molecule has 0 radical (unpaired) electrons. The highest BCUT2D eigenvalue weighted by molar-refractivity contribution is 5.73. The number of rotatable bonds is 20. The molecule has 0 aromatic heterocycles. The van der Waals surface area contributed by atoms with Crippen molar-refractivity contribution in [3.05, 3.63) is 0 Å². The summed E-state index contributed by atoms with van der Waals surface area (Å²) < 4.78 is 0. The van der Waals surface area contributed by atoms with Crippen LogP contribution in [-0.2, 0) is 4.79 Å². The molecule has 0 amide bonds. The number of hydrogen-bond acceptors (Lipinski definition) is 5. The number of hydrogen-bond donors (Lipinski definition) is 5. The number of aliphatic hydroxyl groups excluding tert-OH is 3. The second kappa shape index (κ2) is 18.3. The molecule has 4 atom stereocenters. The molecule has 0 heterocycles. The fourth-order valence-electron chi connectivity index (χ4n) is 3.51. The molecule has 0 aromatic rings. The Bertz CT molecular complexity index is 367. The van der Waals surface area contributed by atoms with Gasteiger partial charge in [-0.15, -0.1) is 0 Å². The molecule has 0 saturated carbocycles. The Morgan fingerprint density at radius 2 is 1.29 bits per heavy atom. The van der Waals surface area contributed by atoms with Crippen LogP contribution in [0.1, 0.15) is 104 Å². The number of carboxylic acids is 1. The minimum absolute atomic E-state index is 0.341.